The molecular formula is C22H25N5OS. The number of aromatic nitrogens is 3. The van der Waals surface area contributed by atoms with Crippen molar-refractivity contribution in [2.75, 3.05) is 5.75 Å². The molecule has 1 heterocycles. The molecule has 0 unspecified atom stereocenters. The Kier molecular flexibility index (Phi) is 7.08. The van der Waals surface area contributed by atoms with Gasteiger partial charge in [-0.05, 0) is 24.5 Å². The summed E-state index contributed by atoms with van der Waals surface area (Å²) < 4.78 is 1.97. The van der Waals surface area contributed by atoms with E-state index in [9.17, 15) is 4.79 Å². The molecule has 2 N–H and O–H groups in total. The zero-order valence-electron chi connectivity index (χ0n) is 16.6. The Morgan fingerprint density at radius 1 is 1.07 bits per heavy atom. The molecule has 3 rings (SSSR count). The van der Waals surface area contributed by atoms with Crippen molar-refractivity contribution in [3.8, 4) is 17.1 Å². The number of thioether (sulfide) groups is 1. The fourth-order valence-electron chi connectivity index (χ4n) is 2.63. The first kappa shape index (κ1) is 20.7. The molecule has 0 bridgehead atoms. The minimum atomic E-state index is -0.150. The molecule has 0 fully saturated rings. The first-order valence-corrected chi connectivity index (χ1v) is 10.5. The number of allylic oxidation sites excluding steroid dienone is 1. The lowest BCUT2D eigenvalue weighted by atomic mass is 10.1. The van der Waals surface area contributed by atoms with Gasteiger partial charge in [-0.1, -0.05) is 80.7 Å². The first-order valence-electron chi connectivity index (χ1n) is 9.52. The lowest BCUT2D eigenvalue weighted by Gasteiger charge is -2.15. The van der Waals surface area contributed by atoms with E-state index in [4.69, 9.17) is 0 Å². The average molecular weight is 408 g/mol. The number of benzene rings is 2. The van der Waals surface area contributed by atoms with Crippen LogP contribution in [0.2, 0.25) is 0 Å². The predicted molar refractivity (Wildman–Crippen MR) is 117 cm³/mol. The van der Waals surface area contributed by atoms with Crippen molar-refractivity contribution < 1.29 is 4.79 Å². The van der Waals surface area contributed by atoms with Crippen LogP contribution in [0.1, 0.15) is 20.3 Å². The van der Waals surface area contributed by atoms with Crippen LogP contribution in [0, 0.1) is 5.92 Å². The number of carbonyl (C=O) groups excluding carboxylic acids is 1. The second-order valence-electron chi connectivity index (χ2n) is 6.64. The second kappa shape index (κ2) is 9.93. The molecule has 2 aromatic carbocycles. The van der Waals surface area contributed by atoms with E-state index in [0.717, 1.165) is 29.2 Å². The topological polar surface area (TPSA) is 71.8 Å². The number of carbonyl (C=O) groups is 1. The summed E-state index contributed by atoms with van der Waals surface area (Å²) in [5.74, 6) is 1.09. The van der Waals surface area contributed by atoms with E-state index in [1.165, 1.54) is 11.8 Å². The Balaban J connectivity index is 1.75. The highest BCUT2D eigenvalue weighted by Gasteiger charge is 2.17. The van der Waals surface area contributed by atoms with E-state index in [1.54, 1.807) is 0 Å². The summed E-state index contributed by atoms with van der Waals surface area (Å²) in [7, 11) is 0. The van der Waals surface area contributed by atoms with Crippen molar-refractivity contribution in [2.24, 2.45) is 5.92 Å². The van der Waals surface area contributed by atoms with Gasteiger partial charge in [0.2, 0.25) is 5.91 Å². The van der Waals surface area contributed by atoms with Crippen LogP contribution < -0.4 is 10.9 Å². The lowest BCUT2D eigenvalue weighted by molar-refractivity contribution is -0.119. The van der Waals surface area contributed by atoms with Gasteiger partial charge in [0.05, 0.1) is 5.75 Å². The SMILES string of the molecule is C=C(NNC(=O)CSc1nnc(-c2ccccc2)n1-c1ccccc1)[C@H](C)CC. The molecule has 3 aromatic rings. The largest absolute Gasteiger partial charge is 0.303 e. The maximum absolute atomic E-state index is 12.3. The molecule has 0 aliphatic rings. The van der Waals surface area contributed by atoms with Crippen LogP contribution in [-0.2, 0) is 4.79 Å². The highest BCUT2D eigenvalue weighted by atomic mass is 32.2. The summed E-state index contributed by atoms with van der Waals surface area (Å²) in [5.41, 5.74) is 8.30. The smallest absolute Gasteiger partial charge is 0.248 e. The second-order valence-corrected chi connectivity index (χ2v) is 7.58. The molecule has 0 spiro atoms. The van der Waals surface area contributed by atoms with Gasteiger partial charge >= 0.3 is 0 Å². The number of nitrogens with one attached hydrogen (secondary N) is 2. The van der Waals surface area contributed by atoms with Crippen molar-refractivity contribution in [1.29, 1.82) is 0 Å². The van der Waals surface area contributed by atoms with Crippen LogP contribution in [0.15, 0.2) is 78.1 Å². The Labute approximate surface area is 175 Å². The summed E-state index contributed by atoms with van der Waals surface area (Å²) >= 11 is 1.34. The summed E-state index contributed by atoms with van der Waals surface area (Å²) in [5, 5.41) is 9.37. The van der Waals surface area contributed by atoms with Crippen molar-refractivity contribution in [2.45, 2.75) is 25.4 Å². The number of hydrazine groups is 1. The van der Waals surface area contributed by atoms with E-state index < -0.39 is 0 Å². The van der Waals surface area contributed by atoms with E-state index in [2.05, 4.69) is 41.5 Å². The van der Waals surface area contributed by atoms with Crippen LogP contribution in [0.25, 0.3) is 17.1 Å². The predicted octanol–water partition coefficient (Wildman–Crippen LogP) is 4.21. The summed E-state index contributed by atoms with van der Waals surface area (Å²) in [6.07, 6.45) is 0.957. The number of para-hydroxylation sites is 1. The average Bonchev–Trinajstić information content (AvgIpc) is 3.20. The van der Waals surface area contributed by atoms with Gasteiger partial charge in [0.15, 0.2) is 11.0 Å². The van der Waals surface area contributed by atoms with Crippen molar-refractivity contribution in [1.82, 2.24) is 25.6 Å². The van der Waals surface area contributed by atoms with Crippen molar-refractivity contribution in [3.63, 3.8) is 0 Å². The number of amides is 1. The number of rotatable bonds is 9. The molecule has 150 valence electrons. The minimum absolute atomic E-state index is 0.150. The maximum Gasteiger partial charge on any atom is 0.248 e. The molecule has 0 radical (unpaired) electrons. The van der Waals surface area contributed by atoms with E-state index >= 15 is 0 Å². The van der Waals surface area contributed by atoms with Gasteiger partial charge in [-0.15, -0.1) is 10.2 Å². The highest BCUT2D eigenvalue weighted by molar-refractivity contribution is 7.99. The Bertz CT molecular complexity index is 956. The van der Waals surface area contributed by atoms with Gasteiger partial charge in [0.25, 0.3) is 0 Å². The summed E-state index contributed by atoms with van der Waals surface area (Å²) in [6, 6.07) is 19.8. The quantitative estimate of drug-likeness (QED) is 0.411. The fraction of sp³-hybridized carbons (Fsp3) is 0.227. The molecule has 0 saturated heterocycles. The number of hydrogen-bond acceptors (Lipinski definition) is 5. The zero-order valence-corrected chi connectivity index (χ0v) is 17.4. The Morgan fingerprint density at radius 3 is 2.38 bits per heavy atom. The van der Waals surface area contributed by atoms with Gasteiger partial charge in [-0.2, -0.15) is 0 Å². The Hall–Kier alpha value is -3.06. The van der Waals surface area contributed by atoms with Gasteiger partial charge in [-0.3, -0.25) is 14.8 Å². The number of hydrogen-bond donors (Lipinski definition) is 2. The number of nitrogens with zero attached hydrogens (tertiary/aromatic N) is 3. The van der Waals surface area contributed by atoms with Crippen LogP contribution in [0.3, 0.4) is 0 Å². The normalized spacial score (nSPS) is 11.7. The van der Waals surface area contributed by atoms with Crippen molar-refractivity contribution in [3.05, 3.63) is 72.9 Å². The molecule has 1 atom stereocenters. The van der Waals surface area contributed by atoms with E-state index in [-0.39, 0.29) is 17.6 Å². The van der Waals surface area contributed by atoms with Gasteiger partial charge < -0.3 is 5.43 Å². The van der Waals surface area contributed by atoms with Gasteiger partial charge in [0.1, 0.15) is 0 Å². The van der Waals surface area contributed by atoms with Crippen LogP contribution in [0.4, 0.5) is 0 Å². The van der Waals surface area contributed by atoms with E-state index in [1.807, 2.05) is 65.2 Å². The third-order valence-electron chi connectivity index (χ3n) is 4.58. The molecule has 1 aromatic heterocycles. The Morgan fingerprint density at radius 2 is 1.72 bits per heavy atom. The third kappa shape index (κ3) is 5.26. The highest BCUT2D eigenvalue weighted by Crippen LogP contribution is 2.27. The molecule has 0 aliphatic heterocycles. The summed E-state index contributed by atoms with van der Waals surface area (Å²) in [4.78, 5) is 12.3. The fourth-order valence-corrected chi connectivity index (χ4v) is 3.39. The van der Waals surface area contributed by atoms with Crippen LogP contribution in [0.5, 0.6) is 0 Å². The summed E-state index contributed by atoms with van der Waals surface area (Å²) in [6.45, 7) is 8.09. The van der Waals surface area contributed by atoms with Gasteiger partial charge in [-0.25, -0.2) is 0 Å². The maximum atomic E-state index is 12.3. The monoisotopic (exact) mass is 407 g/mol. The zero-order chi connectivity index (χ0) is 20.6. The van der Waals surface area contributed by atoms with E-state index in [0.29, 0.717) is 5.16 Å². The van der Waals surface area contributed by atoms with Crippen LogP contribution in [-0.4, -0.2) is 26.4 Å². The molecule has 0 saturated carbocycles. The molecular weight excluding hydrogens is 382 g/mol. The van der Waals surface area contributed by atoms with Gasteiger partial charge in [0, 0.05) is 16.9 Å². The molecule has 1 amide bonds. The van der Waals surface area contributed by atoms with Crippen LogP contribution >= 0.6 is 11.8 Å². The van der Waals surface area contributed by atoms with Crippen molar-refractivity contribution >= 4 is 17.7 Å². The first-order chi connectivity index (χ1) is 14.1. The third-order valence-corrected chi connectivity index (χ3v) is 5.51. The molecule has 6 nitrogen and oxygen atoms in total. The molecule has 0 aliphatic carbocycles. The lowest BCUT2D eigenvalue weighted by Crippen LogP contribution is -2.39. The molecule has 7 heteroatoms. The standard InChI is InChI=1S/C22H25N5OS/c1-4-16(2)17(3)23-24-20(28)15-29-22-26-25-21(18-11-7-5-8-12-18)27(22)19-13-9-6-10-14-19/h5-14,16,23H,3-4,15H2,1-2H3,(H,24,28)/t16-/m1/s1. The minimum Gasteiger partial charge on any atom is -0.303 e. The molecule has 29 heavy (non-hydrogen) atoms.